The monoisotopic (exact) mass is 286 g/mol. The van der Waals surface area contributed by atoms with Crippen LogP contribution in [0.5, 0.6) is 0 Å². The fourth-order valence-electron chi connectivity index (χ4n) is 2.42. The van der Waals surface area contributed by atoms with Crippen molar-refractivity contribution in [3.8, 4) is 0 Å². The van der Waals surface area contributed by atoms with Gasteiger partial charge in [-0.25, -0.2) is 4.79 Å². The fraction of sp³-hybridized carbons (Fsp3) is 0.769. The van der Waals surface area contributed by atoms with Crippen molar-refractivity contribution in [3.63, 3.8) is 0 Å². The standard InChI is InChI=1S/C13H22N2O5/c1-13(7-3-4-9(13)14)12(19)15-8(11(17)18)5-6-10(16)20-2/h8-9H,3-7,14H2,1-2H3,(H,15,19)(H,17,18)/t8-,9?,13?/m0/s1. The van der Waals surface area contributed by atoms with Gasteiger partial charge in [0.1, 0.15) is 6.04 Å². The predicted molar refractivity (Wildman–Crippen MR) is 70.7 cm³/mol. The number of nitrogens with one attached hydrogen (secondary N) is 1. The smallest absolute Gasteiger partial charge is 0.326 e. The molecule has 0 bridgehead atoms. The first-order valence-corrected chi connectivity index (χ1v) is 6.67. The SMILES string of the molecule is COC(=O)CC[C@H](NC(=O)C1(C)CCCC1N)C(=O)O. The van der Waals surface area contributed by atoms with Crippen molar-refractivity contribution in [3.05, 3.63) is 0 Å². The minimum atomic E-state index is -1.17. The Morgan fingerprint density at radius 2 is 2.15 bits per heavy atom. The zero-order valence-electron chi connectivity index (χ0n) is 11.8. The molecule has 7 heteroatoms. The molecule has 0 radical (unpaired) electrons. The number of carbonyl (C=O) groups is 3. The summed E-state index contributed by atoms with van der Waals surface area (Å²) in [6, 6.07) is -1.37. The highest BCUT2D eigenvalue weighted by Gasteiger charge is 2.44. The van der Waals surface area contributed by atoms with E-state index in [0.29, 0.717) is 6.42 Å². The number of amides is 1. The molecule has 114 valence electrons. The molecule has 1 saturated carbocycles. The van der Waals surface area contributed by atoms with Crippen LogP contribution in [0.25, 0.3) is 0 Å². The molecule has 0 aliphatic heterocycles. The fourth-order valence-corrected chi connectivity index (χ4v) is 2.42. The summed E-state index contributed by atoms with van der Waals surface area (Å²) in [5.41, 5.74) is 5.19. The van der Waals surface area contributed by atoms with Crippen molar-refractivity contribution < 1.29 is 24.2 Å². The molecule has 7 nitrogen and oxygen atoms in total. The van der Waals surface area contributed by atoms with Crippen molar-refractivity contribution in [2.45, 2.75) is 51.1 Å². The first-order valence-electron chi connectivity index (χ1n) is 6.67. The molecular weight excluding hydrogens is 264 g/mol. The lowest BCUT2D eigenvalue weighted by Gasteiger charge is -2.29. The summed E-state index contributed by atoms with van der Waals surface area (Å²) in [7, 11) is 1.23. The van der Waals surface area contributed by atoms with Crippen molar-refractivity contribution in [2.24, 2.45) is 11.1 Å². The van der Waals surface area contributed by atoms with E-state index in [2.05, 4.69) is 10.1 Å². The topological polar surface area (TPSA) is 119 Å². The van der Waals surface area contributed by atoms with Gasteiger partial charge in [-0.2, -0.15) is 0 Å². The van der Waals surface area contributed by atoms with Crippen LogP contribution >= 0.6 is 0 Å². The number of hydrogen-bond acceptors (Lipinski definition) is 5. The predicted octanol–water partition coefficient (Wildman–Crippen LogP) is 0.0265. The Labute approximate surface area is 117 Å². The number of ether oxygens (including phenoxy) is 1. The van der Waals surface area contributed by atoms with Gasteiger partial charge in [0.2, 0.25) is 5.91 Å². The highest BCUT2D eigenvalue weighted by atomic mass is 16.5. The first kappa shape index (κ1) is 16.4. The summed E-state index contributed by atoms with van der Waals surface area (Å²) in [5, 5.41) is 11.6. The maximum atomic E-state index is 12.2. The number of nitrogens with two attached hydrogens (primary N) is 1. The second kappa shape index (κ2) is 6.69. The van der Waals surface area contributed by atoms with E-state index >= 15 is 0 Å². The van der Waals surface area contributed by atoms with Gasteiger partial charge in [0, 0.05) is 12.5 Å². The van der Waals surface area contributed by atoms with Crippen molar-refractivity contribution in [1.29, 1.82) is 0 Å². The molecule has 0 aromatic rings. The maximum absolute atomic E-state index is 12.2. The second-order valence-electron chi connectivity index (χ2n) is 5.40. The normalized spacial score (nSPS) is 26.9. The lowest BCUT2D eigenvalue weighted by Crippen LogP contribution is -2.52. The number of carboxylic acids is 1. The minimum Gasteiger partial charge on any atom is -0.480 e. The van der Waals surface area contributed by atoms with Gasteiger partial charge in [-0.05, 0) is 26.2 Å². The van der Waals surface area contributed by atoms with E-state index in [0.717, 1.165) is 12.8 Å². The van der Waals surface area contributed by atoms with Crippen LogP contribution in [0.3, 0.4) is 0 Å². The molecule has 0 spiro atoms. The van der Waals surface area contributed by atoms with Gasteiger partial charge < -0.3 is 20.9 Å². The van der Waals surface area contributed by atoms with Gasteiger partial charge >= 0.3 is 11.9 Å². The Bertz CT molecular complexity index is 398. The Morgan fingerprint density at radius 3 is 2.60 bits per heavy atom. The average Bonchev–Trinajstić information content (AvgIpc) is 2.74. The van der Waals surface area contributed by atoms with Gasteiger partial charge in [-0.3, -0.25) is 9.59 Å². The lowest BCUT2D eigenvalue weighted by molar-refractivity contribution is -0.145. The summed E-state index contributed by atoms with van der Waals surface area (Å²) in [4.78, 5) is 34.4. The summed E-state index contributed by atoms with van der Waals surface area (Å²) >= 11 is 0. The largest absolute Gasteiger partial charge is 0.480 e. The number of hydrogen-bond donors (Lipinski definition) is 3. The van der Waals surface area contributed by atoms with Crippen LogP contribution in [0.15, 0.2) is 0 Å². The molecule has 1 aliphatic rings. The van der Waals surface area contributed by atoms with Crippen molar-refractivity contribution in [2.75, 3.05) is 7.11 Å². The average molecular weight is 286 g/mol. The van der Waals surface area contributed by atoms with E-state index < -0.39 is 23.4 Å². The van der Waals surface area contributed by atoms with Crippen molar-refractivity contribution in [1.82, 2.24) is 5.32 Å². The maximum Gasteiger partial charge on any atom is 0.326 e. The summed E-state index contributed by atoms with van der Waals surface area (Å²) in [6.45, 7) is 1.75. The van der Waals surface area contributed by atoms with E-state index in [1.165, 1.54) is 7.11 Å². The van der Waals surface area contributed by atoms with Gasteiger partial charge in [0.15, 0.2) is 0 Å². The van der Waals surface area contributed by atoms with Crippen LogP contribution in [0.4, 0.5) is 0 Å². The third kappa shape index (κ3) is 3.69. The number of esters is 1. The number of rotatable bonds is 6. The molecule has 2 unspecified atom stereocenters. The molecule has 1 fully saturated rings. The van der Waals surface area contributed by atoms with Crippen LogP contribution in [-0.4, -0.2) is 42.1 Å². The zero-order chi connectivity index (χ0) is 15.3. The third-order valence-corrected chi connectivity index (χ3v) is 4.02. The molecule has 0 aromatic heterocycles. The zero-order valence-corrected chi connectivity index (χ0v) is 11.8. The summed E-state index contributed by atoms with van der Waals surface area (Å²) in [5.74, 6) is -2.04. The number of methoxy groups -OCH3 is 1. The molecule has 1 amide bonds. The molecule has 0 saturated heterocycles. The van der Waals surface area contributed by atoms with E-state index in [-0.39, 0.29) is 24.8 Å². The summed E-state index contributed by atoms with van der Waals surface area (Å²) in [6.07, 6.45) is 2.19. The molecule has 4 N–H and O–H groups in total. The Kier molecular flexibility index (Phi) is 5.50. The van der Waals surface area contributed by atoms with Crippen molar-refractivity contribution >= 4 is 17.8 Å². The minimum absolute atomic E-state index is 0.000928. The number of carbonyl (C=O) groups excluding carboxylic acids is 2. The third-order valence-electron chi connectivity index (χ3n) is 4.02. The van der Waals surface area contributed by atoms with Crippen LogP contribution in [0.1, 0.15) is 39.0 Å². The number of carboxylic acid groups (broad SMARTS) is 1. The Balaban J connectivity index is 2.63. The molecule has 0 heterocycles. The first-order chi connectivity index (χ1) is 9.31. The number of aliphatic carboxylic acids is 1. The second-order valence-corrected chi connectivity index (χ2v) is 5.40. The molecule has 0 aromatic carbocycles. The van der Waals surface area contributed by atoms with E-state index in [4.69, 9.17) is 10.8 Å². The summed E-state index contributed by atoms with van der Waals surface area (Å²) < 4.78 is 4.46. The molecule has 1 rings (SSSR count). The van der Waals surface area contributed by atoms with Crippen LogP contribution in [0, 0.1) is 5.41 Å². The molecule has 20 heavy (non-hydrogen) atoms. The highest BCUT2D eigenvalue weighted by molar-refractivity contribution is 5.88. The van der Waals surface area contributed by atoms with Crippen LogP contribution in [0.2, 0.25) is 0 Å². The van der Waals surface area contributed by atoms with Gasteiger partial charge in [0.05, 0.1) is 12.5 Å². The van der Waals surface area contributed by atoms with Gasteiger partial charge in [0.25, 0.3) is 0 Å². The lowest BCUT2D eigenvalue weighted by atomic mass is 9.84. The van der Waals surface area contributed by atoms with Crippen LogP contribution in [-0.2, 0) is 19.1 Å². The molecule has 1 aliphatic carbocycles. The van der Waals surface area contributed by atoms with E-state index in [1.807, 2.05) is 0 Å². The molecular formula is C13H22N2O5. The Morgan fingerprint density at radius 1 is 1.50 bits per heavy atom. The Hall–Kier alpha value is -1.63. The van der Waals surface area contributed by atoms with E-state index in [9.17, 15) is 14.4 Å². The van der Waals surface area contributed by atoms with Crippen LogP contribution < -0.4 is 11.1 Å². The highest BCUT2D eigenvalue weighted by Crippen LogP contribution is 2.36. The van der Waals surface area contributed by atoms with E-state index in [1.54, 1.807) is 6.92 Å². The quantitative estimate of drug-likeness (QED) is 0.593. The van der Waals surface area contributed by atoms with Gasteiger partial charge in [-0.1, -0.05) is 6.42 Å². The molecule has 3 atom stereocenters. The van der Waals surface area contributed by atoms with Gasteiger partial charge in [-0.15, -0.1) is 0 Å².